The van der Waals surface area contributed by atoms with Crippen LogP contribution in [0.15, 0.2) is 17.1 Å². The zero-order valence-corrected chi connectivity index (χ0v) is 8.06. The summed E-state index contributed by atoms with van der Waals surface area (Å²) in [4.78, 5) is 14.2. The van der Waals surface area contributed by atoms with Gasteiger partial charge in [0.25, 0.3) is 0 Å². The Morgan fingerprint density at radius 2 is 2.50 bits per heavy atom. The van der Waals surface area contributed by atoms with Crippen LogP contribution in [0.5, 0.6) is 0 Å². The number of hydrogen-bond acceptors (Lipinski definition) is 3. The maximum atomic E-state index is 10.2. The molecule has 1 atom stereocenters. The molecule has 1 aliphatic carbocycles. The maximum Gasteiger partial charge on any atom is 0.235 e. The lowest BCUT2D eigenvalue weighted by atomic mass is 9.88. The van der Waals surface area contributed by atoms with Crippen LogP contribution in [0.2, 0.25) is 0 Å². The van der Waals surface area contributed by atoms with Crippen LogP contribution in [0.1, 0.15) is 19.3 Å². The molecule has 0 heterocycles. The van der Waals surface area contributed by atoms with Crippen LogP contribution in [0.3, 0.4) is 0 Å². The van der Waals surface area contributed by atoms with E-state index in [9.17, 15) is 4.79 Å². The van der Waals surface area contributed by atoms with Gasteiger partial charge in [-0.2, -0.15) is 16.8 Å². The van der Waals surface area contributed by atoms with Crippen molar-refractivity contribution in [2.75, 3.05) is 12.0 Å². The van der Waals surface area contributed by atoms with Crippen LogP contribution in [0.25, 0.3) is 0 Å². The summed E-state index contributed by atoms with van der Waals surface area (Å²) in [6, 6.07) is 0. The van der Waals surface area contributed by atoms with E-state index in [1.54, 1.807) is 17.8 Å². The van der Waals surface area contributed by atoms with E-state index in [0.29, 0.717) is 0 Å². The van der Waals surface area contributed by atoms with Gasteiger partial charge in [0.05, 0.1) is 5.54 Å². The Hall–Kier alpha value is -0.530. The average Bonchev–Trinajstić information content (AvgIpc) is 2.07. The van der Waals surface area contributed by atoms with E-state index < -0.39 is 0 Å². The lowest BCUT2D eigenvalue weighted by Crippen LogP contribution is -2.30. The first-order valence-electron chi connectivity index (χ1n) is 4.06. The number of rotatable bonds is 3. The Morgan fingerprint density at radius 3 is 3.00 bits per heavy atom. The largest absolute Gasteiger partial charge is 0.235 e. The number of isocyanates is 1. The van der Waals surface area contributed by atoms with Crippen molar-refractivity contribution in [1.29, 1.82) is 0 Å². The first-order chi connectivity index (χ1) is 5.83. The van der Waals surface area contributed by atoms with Crippen LogP contribution in [-0.2, 0) is 4.79 Å². The van der Waals surface area contributed by atoms with Crippen LogP contribution in [0.4, 0.5) is 0 Å². The van der Waals surface area contributed by atoms with Gasteiger partial charge >= 0.3 is 0 Å². The average molecular weight is 183 g/mol. The molecule has 1 rings (SSSR count). The van der Waals surface area contributed by atoms with Crippen molar-refractivity contribution in [3.05, 3.63) is 12.2 Å². The molecular weight excluding hydrogens is 170 g/mol. The summed E-state index contributed by atoms with van der Waals surface area (Å²) >= 11 is 1.74. The molecule has 3 heteroatoms. The van der Waals surface area contributed by atoms with Gasteiger partial charge in [-0.25, -0.2) is 4.79 Å². The predicted molar refractivity (Wildman–Crippen MR) is 52.2 cm³/mol. The third-order valence-corrected chi connectivity index (χ3v) is 2.96. The predicted octanol–water partition coefficient (Wildman–Crippen LogP) is 2.16. The zero-order chi connectivity index (χ0) is 8.86. The van der Waals surface area contributed by atoms with E-state index in [1.807, 2.05) is 6.26 Å². The Kier molecular flexibility index (Phi) is 3.57. The van der Waals surface area contributed by atoms with Gasteiger partial charge < -0.3 is 0 Å². The normalized spacial score (nSPS) is 28.1. The zero-order valence-electron chi connectivity index (χ0n) is 7.25. The Labute approximate surface area is 77.1 Å². The third kappa shape index (κ3) is 2.23. The first kappa shape index (κ1) is 9.56. The molecule has 0 bridgehead atoms. The molecule has 0 aromatic heterocycles. The molecule has 1 aliphatic rings. The second-order valence-electron chi connectivity index (χ2n) is 3.07. The Bertz CT molecular complexity index is 221. The highest BCUT2D eigenvalue weighted by Crippen LogP contribution is 2.30. The molecule has 2 nitrogen and oxygen atoms in total. The van der Waals surface area contributed by atoms with Crippen LogP contribution < -0.4 is 0 Å². The van der Waals surface area contributed by atoms with Gasteiger partial charge in [-0.3, -0.25) is 0 Å². The van der Waals surface area contributed by atoms with Gasteiger partial charge in [0.1, 0.15) is 0 Å². The van der Waals surface area contributed by atoms with Crippen molar-refractivity contribution in [3.8, 4) is 0 Å². The molecule has 0 fully saturated rings. The summed E-state index contributed by atoms with van der Waals surface area (Å²) in [5, 5.41) is 0. The Morgan fingerprint density at radius 1 is 1.67 bits per heavy atom. The number of hydrogen-bond donors (Lipinski definition) is 0. The minimum Gasteiger partial charge on any atom is -0.211 e. The van der Waals surface area contributed by atoms with E-state index in [0.717, 1.165) is 25.0 Å². The first-order valence-corrected chi connectivity index (χ1v) is 5.45. The van der Waals surface area contributed by atoms with Crippen molar-refractivity contribution in [1.82, 2.24) is 0 Å². The summed E-state index contributed by atoms with van der Waals surface area (Å²) < 4.78 is 0. The number of carbonyl (C=O) groups excluding carboxylic acids is 1. The van der Waals surface area contributed by atoms with Gasteiger partial charge in [0.15, 0.2) is 0 Å². The third-order valence-electron chi connectivity index (χ3n) is 2.14. The standard InChI is InChI=1S/C9H13NOS/c1-12-7-9(10-8-11)5-3-2-4-6-9/h2-3H,4-7H2,1H3. The summed E-state index contributed by atoms with van der Waals surface area (Å²) in [7, 11) is 0. The molecule has 0 radical (unpaired) electrons. The number of allylic oxidation sites excluding steroid dienone is 1. The smallest absolute Gasteiger partial charge is 0.211 e. The molecular formula is C9H13NOS. The Balaban J connectivity index is 2.70. The topological polar surface area (TPSA) is 29.4 Å². The maximum absolute atomic E-state index is 10.2. The fourth-order valence-corrected chi connectivity index (χ4v) is 2.37. The van der Waals surface area contributed by atoms with E-state index in [1.165, 1.54) is 0 Å². The lowest BCUT2D eigenvalue weighted by Gasteiger charge is -2.28. The van der Waals surface area contributed by atoms with E-state index in [4.69, 9.17) is 0 Å². The quantitative estimate of drug-likeness (QED) is 0.381. The molecule has 0 spiro atoms. The fourth-order valence-electron chi connectivity index (χ4n) is 1.51. The number of thioether (sulfide) groups is 1. The van der Waals surface area contributed by atoms with Gasteiger partial charge in [-0.15, -0.1) is 0 Å². The van der Waals surface area contributed by atoms with Crippen molar-refractivity contribution >= 4 is 17.8 Å². The SMILES string of the molecule is CSCC1(N=C=O)CC=CCC1. The minimum atomic E-state index is -0.143. The summed E-state index contributed by atoms with van der Waals surface area (Å²) in [5.74, 6) is 0.923. The van der Waals surface area contributed by atoms with Gasteiger partial charge in [-0.1, -0.05) is 12.2 Å². The van der Waals surface area contributed by atoms with Crippen molar-refractivity contribution in [2.45, 2.75) is 24.8 Å². The van der Waals surface area contributed by atoms with Gasteiger partial charge in [-0.05, 0) is 25.5 Å². The monoisotopic (exact) mass is 183 g/mol. The summed E-state index contributed by atoms with van der Waals surface area (Å²) in [6.45, 7) is 0. The van der Waals surface area contributed by atoms with Crippen molar-refractivity contribution in [3.63, 3.8) is 0 Å². The fraction of sp³-hybridized carbons (Fsp3) is 0.667. The molecule has 0 aromatic rings. The highest BCUT2D eigenvalue weighted by molar-refractivity contribution is 7.98. The molecule has 12 heavy (non-hydrogen) atoms. The van der Waals surface area contributed by atoms with Crippen molar-refractivity contribution < 1.29 is 4.79 Å². The molecule has 0 aromatic carbocycles. The highest BCUT2D eigenvalue weighted by Gasteiger charge is 2.28. The van der Waals surface area contributed by atoms with Crippen LogP contribution >= 0.6 is 11.8 Å². The van der Waals surface area contributed by atoms with Crippen molar-refractivity contribution in [2.24, 2.45) is 4.99 Å². The summed E-state index contributed by atoms with van der Waals surface area (Å²) in [5.41, 5.74) is -0.143. The molecule has 0 amide bonds. The number of nitrogens with zero attached hydrogens (tertiary/aromatic N) is 1. The molecule has 66 valence electrons. The van der Waals surface area contributed by atoms with Gasteiger partial charge in [0.2, 0.25) is 6.08 Å². The second kappa shape index (κ2) is 4.48. The van der Waals surface area contributed by atoms with Crippen LogP contribution in [-0.4, -0.2) is 23.6 Å². The molecule has 1 unspecified atom stereocenters. The molecule has 0 N–H and O–H groups in total. The minimum absolute atomic E-state index is 0.143. The molecule has 0 aliphatic heterocycles. The molecule has 0 saturated carbocycles. The second-order valence-corrected chi connectivity index (χ2v) is 3.94. The van der Waals surface area contributed by atoms with E-state index in [2.05, 4.69) is 17.1 Å². The number of aliphatic imine (C=N–C) groups is 1. The van der Waals surface area contributed by atoms with E-state index >= 15 is 0 Å². The van der Waals surface area contributed by atoms with E-state index in [-0.39, 0.29) is 5.54 Å². The van der Waals surface area contributed by atoms with Crippen LogP contribution in [0, 0.1) is 0 Å². The molecule has 0 saturated heterocycles. The van der Waals surface area contributed by atoms with Gasteiger partial charge in [0, 0.05) is 5.75 Å². The summed E-state index contributed by atoms with van der Waals surface area (Å²) in [6.07, 6.45) is 10.9. The highest BCUT2D eigenvalue weighted by atomic mass is 32.2. The lowest BCUT2D eigenvalue weighted by molar-refractivity contribution is 0.433.